The third-order valence-electron chi connectivity index (χ3n) is 7.71. The maximum Gasteiger partial charge on any atom is 0.347 e. The van der Waals surface area contributed by atoms with Crippen LogP contribution in [0.2, 0.25) is 0 Å². The minimum absolute atomic E-state index is 0.0208. The van der Waals surface area contributed by atoms with Gasteiger partial charge in [0.15, 0.2) is 23.1 Å². The molecule has 0 radical (unpaired) electrons. The average molecular weight is 466 g/mol. The molecule has 1 fully saturated rings. The van der Waals surface area contributed by atoms with Gasteiger partial charge in [-0.25, -0.2) is 23.5 Å². The van der Waals surface area contributed by atoms with E-state index in [4.69, 9.17) is 4.74 Å². The molecule has 1 saturated carbocycles. The highest BCUT2D eigenvalue weighted by Gasteiger charge is 2.59. The molecule has 0 spiro atoms. The number of benzene rings is 1. The molecule has 1 aliphatic heterocycles. The topological polar surface area (TPSA) is 113 Å². The molecular weight excluding hydrogens is 438 g/mol. The Balaban J connectivity index is 1.78. The second-order valence-corrected chi connectivity index (χ2v) is 9.49. The highest BCUT2D eigenvalue weighted by molar-refractivity contribution is 6.13. The summed E-state index contributed by atoms with van der Waals surface area (Å²) in [5.74, 6) is -1.23. The highest BCUT2D eigenvalue weighted by Crippen LogP contribution is 2.60. The summed E-state index contributed by atoms with van der Waals surface area (Å²) in [6, 6.07) is 4.41. The van der Waals surface area contributed by atoms with E-state index < -0.39 is 34.7 Å². The minimum atomic E-state index is -1.08. The van der Waals surface area contributed by atoms with E-state index in [-0.39, 0.29) is 36.0 Å². The van der Waals surface area contributed by atoms with Crippen LogP contribution in [-0.2, 0) is 23.2 Å². The fourth-order valence-corrected chi connectivity index (χ4v) is 6.13. The number of hydrogen-bond acceptors (Lipinski definition) is 6. The number of carbonyl (C=O) groups excluding carboxylic acids is 2. The smallest absolute Gasteiger partial charge is 0.347 e. The van der Waals surface area contributed by atoms with E-state index in [0.29, 0.717) is 17.7 Å². The second kappa shape index (κ2) is 7.44. The number of ketones is 2. The van der Waals surface area contributed by atoms with Crippen molar-refractivity contribution in [1.29, 1.82) is 0 Å². The van der Waals surface area contributed by atoms with Crippen LogP contribution in [-0.4, -0.2) is 37.2 Å². The van der Waals surface area contributed by atoms with Gasteiger partial charge in [-0.2, -0.15) is 0 Å². The first-order chi connectivity index (χ1) is 16.1. The molecule has 1 N–H and O–H groups in total. The van der Waals surface area contributed by atoms with Crippen molar-refractivity contribution >= 4 is 11.6 Å². The van der Waals surface area contributed by atoms with E-state index in [9.17, 15) is 24.3 Å². The van der Waals surface area contributed by atoms with E-state index >= 15 is 0 Å². The average Bonchev–Trinajstić information content (AvgIpc) is 3.03. The number of hydrogen-bond donors (Lipinski definition) is 1. The van der Waals surface area contributed by atoms with Crippen LogP contribution in [0.5, 0.6) is 11.5 Å². The molecule has 0 saturated heterocycles. The predicted octanol–water partition coefficient (Wildman–Crippen LogP) is 1.84. The van der Waals surface area contributed by atoms with Crippen molar-refractivity contribution < 1.29 is 19.4 Å². The maximum absolute atomic E-state index is 13.7. The molecule has 1 aromatic carbocycles. The van der Waals surface area contributed by atoms with Gasteiger partial charge in [0.2, 0.25) is 0 Å². The number of phenolic OH excluding ortho intramolecular Hbond substituents is 1. The minimum Gasteiger partial charge on any atom is -0.504 e. The van der Waals surface area contributed by atoms with Gasteiger partial charge in [0.05, 0.1) is 24.6 Å². The van der Waals surface area contributed by atoms with Crippen LogP contribution < -0.4 is 16.1 Å². The van der Waals surface area contributed by atoms with E-state index in [1.54, 1.807) is 19.1 Å². The Hall–Kier alpha value is -3.62. The molecule has 4 unspecified atom stereocenters. The Bertz CT molecular complexity index is 1420. The van der Waals surface area contributed by atoms with Gasteiger partial charge in [-0.1, -0.05) is 19.1 Å². The van der Waals surface area contributed by atoms with Crippen molar-refractivity contribution in [3.05, 3.63) is 68.0 Å². The standard InChI is InChI=1S/C25H27N3O6/c1-5-34-20-11-14(6-7-18(20)29)21-15-8-9-27-23(32)26(4)24(33)28(27)17(15)12-16-19(30)10-13(2)22(31)25(16,21)3/h6-8,10-11,16-17,21,29H,5,9,12H2,1-4H3. The summed E-state index contributed by atoms with van der Waals surface area (Å²) in [6.45, 7) is 5.81. The number of Topliss-reactive ketones (excluding diaryl/α,β-unsaturated/α-hetero) is 1. The van der Waals surface area contributed by atoms with Crippen molar-refractivity contribution in [3.63, 3.8) is 0 Å². The zero-order valence-corrected chi connectivity index (χ0v) is 19.6. The largest absolute Gasteiger partial charge is 0.504 e. The first-order valence-corrected chi connectivity index (χ1v) is 11.4. The predicted molar refractivity (Wildman–Crippen MR) is 123 cm³/mol. The number of nitrogens with zero attached hydrogens (tertiary/aromatic N) is 3. The number of aromatic nitrogens is 3. The van der Waals surface area contributed by atoms with E-state index in [2.05, 4.69) is 0 Å². The number of allylic oxidation sites excluding steroid dienone is 4. The monoisotopic (exact) mass is 465 g/mol. The summed E-state index contributed by atoms with van der Waals surface area (Å²) < 4.78 is 9.47. The van der Waals surface area contributed by atoms with Crippen LogP contribution in [0.4, 0.5) is 0 Å². The molecule has 2 aromatic rings. The lowest BCUT2D eigenvalue weighted by molar-refractivity contribution is -0.139. The third kappa shape index (κ3) is 2.79. The summed E-state index contributed by atoms with van der Waals surface area (Å²) >= 11 is 0. The lowest BCUT2D eigenvalue weighted by atomic mass is 9.51. The molecule has 178 valence electrons. The van der Waals surface area contributed by atoms with Gasteiger partial charge in [-0.05, 0) is 55.2 Å². The van der Waals surface area contributed by atoms with Crippen LogP contribution in [0.3, 0.4) is 0 Å². The van der Waals surface area contributed by atoms with Gasteiger partial charge >= 0.3 is 11.4 Å². The number of phenols is 1. The molecule has 9 heteroatoms. The van der Waals surface area contributed by atoms with Gasteiger partial charge in [0, 0.05) is 18.9 Å². The third-order valence-corrected chi connectivity index (χ3v) is 7.71. The summed E-state index contributed by atoms with van der Waals surface area (Å²) in [6.07, 6.45) is 3.54. The van der Waals surface area contributed by atoms with Crippen LogP contribution in [0.25, 0.3) is 0 Å². The van der Waals surface area contributed by atoms with Crippen LogP contribution in [0.1, 0.15) is 44.7 Å². The highest BCUT2D eigenvalue weighted by atomic mass is 16.5. The van der Waals surface area contributed by atoms with Gasteiger partial charge in [0.25, 0.3) is 0 Å². The molecule has 0 amide bonds. The van der Waals surface area contributed by atoms with Gasteiger partial charge in [-0.3, -0.25) is 9.59 Å². The number of rotatable bonds is 3. The molecule has 34 heavy (non-hydrogen) atoms. The van der Waals surface area contributed by atoms with Crippen LogP contribution >= 0.6 is 0 Å². The number of aromatic hydroxyl groups is 1. The molecule has 9 nitrogen and oxygen atoms in total. The van der Waals surface area contributed by atoms with E-state index in [1.807, 2.05) is 19.9 Å². The second-order valence-electron chi connectivity index (χ2n) is 9.49. The fraction of sp³-hybridized carbons (Fsp3) is 0.440. The first-order valence-electron chi connectivity index (χ1n) is 11.4. The number of carbonyl (C=O) groups is 2. The lowest BCUT2D eigenvalue weighted by Crippen LogP contribution is -2.54. The van der Waals surface area contributed by atoms with Gasteiger partial charge in [0.1, 0.15) is 0 Å². The Labute approximate surface area is 195 Å². The fourth-order valence-electron chi connectivity index (χ4n) is 6.13. The zero-order chi connectivity index (χ0) is 24.5. The summed E-state index contributed by atoms with van der Waals surface area (Å²) in [5, 5.41) is 10.3. The van der Waals surface area contributed by atoms with Crippen molar-refractivity contribution in [1.82, 2.24) is 13.9 Å². The summed E-state index contributed by atoms with van der Waals surface area (Å²) in [7, 11) is 1.43. The first kappa shape index (κ1) is 22.2. The molecular formula is C25H27N3O6. The molecule has 1 aromatic heterocycles. The van der Waals surface area contributed by atoms with Crippen molar-refractivity contribution in [2.75, 3.05) is 6.61 Å². The molecule has 5 rings (SSSR count). The molecule has 2 aliphatic carbocycles. The summed E-state index contributed by atoms with van der Waals surface area (Å²) in [5.41, 5.74) is -0.0308. The Kier molecular flexibility index (Phi) is 4.86. The van der Waals surface area contributed by atoms with Crippen molar-refractivity contribution in [2.24, 2.45) is 18.4 Å². The molecule has 3 aliphatic rings. The van der Waals surface area contributed by atoms with Gasteiger partial charge in [-0.15, -0.1) is 0 Å². The van der Waals surface area contributed by atoms with E-state index in [1.165, 1.54) is 28.6 Å². The molecule has 4 atom stereocenters. The quantitative estimate of drug-likeness (QED) is 0.693. The zero-order valence-electron chi connectivity index (χ0n) is 19.6. The van der Waals surface area contributed by atoms with Crippen molar-refractivity contribution in [3.8, 4) is 11.5 Å². The van der Waals surface area contributed by atoms with Gasteiger partial charge < -0.3 is 9.84 Å². The molecule has 2 heterocycles. The van der Waals surface area contributed by atoms with Crippen LogP contribution in [0, 0.1) is 11.3 Å². The molecule has 0 bridgehead atoms. The normalized spacial score (nSPS) is 27.9. The maximum atomic E-state index is 13.7. The SMILES string of the molecule is CCOc1cc(C2C3=CCn4c(=O)n(C)c(=O)n4C3CC3C(=O)C=C(C)C(=O)C32C)ccc1O. The van der Waals surface area contributed by atoms with Crippen molar-refractivity contribution in [2.45, 2.75) is 45.7 Å². The Morgan fingerprint density at radius 1 is 1.18 bits per heavy atom. The number of fused-ring (bicyclic) bond motifs is 4. The summed E-state index contributed by atoms with van der Waals surface area (Å²) in [4.78, 5) is 52.6. The lowest BCUT2D eigenvalue weighted by Gasteiger charge is -2.52. The van der Waals surface area contributed by atoms with Crippen LogP contribution in [0.15, 0.2) is 51.1 Å². The van der Waals surface area contributed by atoms with E-state index in [0.717, 1.165) is 10.1 Å². The Morgan fingerprint density at radius 2 is 1.91 bits per heavy atom. The number of ether oxygens (including phenoxy) is 1. The Morgan fingerprint density at radius 3 is 2.62 bits per heavy atom.